The molecule has 0 aromatic carbocycles. The monoisotopic (exact) mass is 226 g/mol. The summed E-state index contributed by atoms with van der Waals surface area (Å²) in [7, 11) is 0. The molecule has 1 saturated heterocycles. The first-order valence-electron chi connectivity index (χ1n) is 7.21. The van der Waals surface area contributed by atoms with Crippen LogP contribution in [-0.2, 0) is 0 Å². The topological polar surface area (TPSA) is 15.3 Å². The molecule has 0 aromatic heterocycles. The van der Waals surface area contributed by atoms with E-state index in [4.69, 9.17) is 0 Å². The van der Waals surface area contributed by atoms with Gasteiger partial charge in [-0.15, -0.1) is 0 Å². The van der Waals surface area contributed by atoms with Crippen LogP contribution in [0.2, 0.25) is 0 Å². The number of nitrogens with zero attached hydrogens (tertiary/aromatic N) is 1. The highest BCUT2D eigenvalue weighted by Crippen LogP contribution is 2.17. The molecule has 2 nitrogen and oxygen atoms in total. The van der Waals surface area contributed by atoms with E-state index in [1.54, 1.807) is 0 Å². The quantitative estimate of drug-likeness (QED) is 0.671. The molecule has 1 rings (SSSR count). The van der Waals surface area contributed by atoms with E-state index in [1.807, 2.05) is 0 Å². The van der Waals surface area contributed by atoms with Crippen molar-refractivity contribution < 1.29 is 0 Å². The summed E-state index contributed by atoms with van der Waals surface area (Å²) in [5, 5.41) is 3.59. The van der Waals surface area contributed by atoms with E-state index in [0.29, 0.717) is 6.04 Å². The molecule has 2 heteroatoms. The highest BCUT2D eigenvalue weighted by atomic mass is 15.2. The van der Waals surface area contributed by atoms with Crippen LogP contribution in [0, 0.1) is 0 Å². The Labute approximate surface area is 102 Å². The lowest BCUT2D eigenvalue weighted by atomic mass is 10.0. The third-order valence-electron chi connectivity index (χ3n) is 3.56. The van der Waals surface area contributed by atoms with Gasteiger partial charge in [0.25, 0.3) is 0 Å². The van der Waals surface area contributed by atoms with Gasteiger partial charge in [0.05, 0.1) is 0 Å². The lowest BCUT2D eigenvalue weighted by Crippen LogP contribution is -2.47. The van der Waals surface area contributed by atoms with Gasteiger partial charge in [0.2, 0.25) is 0 Å². The molecule has 0 bridgehead atoms. The summed E-state index contributed by atoms with van der Waals surface area (Å²) in [4.78, 5) is 2.72. The maximum atomic E-state index is 3.59. The largest absolute Gasteiger partial charge is 0.313 e. The fourth-order valence-electron chi connectivity index (χ4n) is 2.52. The predicted octanol–water partition coefficient (Wildman–Crippen LogP) is 3.03. The summed E-state index contributed by atoms with van der Waals surface area (Å²) in [6.45, 7) is 10.6. The van der Waals surface area contributed by atoms with Crippen LogP contribution in [-0.4, -0.2) is 36.6 Å². The van der Waals surface area contributed by atoms with E-state index in [9.17, 15) is 0 Å². The lowest BCUT2D eigenvalue weighted by Gasteiger charge is -2.36. The van der Waals surface area contributed by atoms with E-state index in [0.717, 1.165) is 6.04 Å². The number of rotatable bonds is 7. The van der Waals surface area contributed by atoms with Gasteiger partial charge in [-0.1, -0.05) is 40.0 Å². The van der Waals surface area contributed by atoms with Crippen molar-refractivity contribution in [1.82, 2.24) is 10.2 Å². The van der Waals surface area contributed by atoms with Gasteiger partial charge in [-0.2, -0.15) is 0 Å². The molecule has 0 spiro atoms. The van der Waals surface area contributed by atoms with Gasteiger partial charge < -0.3 is 5.32 Å². The molecule has 1 fully saturated rings. The van der Waals surface area contributed by atoms with Gasteiger partial charge in [0.15, 0.2) is 0 Å². The summed E-state index contributed by atoms with van der Waals surface area (Å²) in [5.41, 5.74) is 0. The van der Waals surface area contributed by atoms with Crippen LogP contribution >= 0.6 is 0 Å². The number of piperidine rings is 1. The molecule has 0 aliphatic carbocycles. The highest BCUT2D eigenvalue weighted by molar-refractivity contribution is 4.79. The summed E-state index contributed by atoms with van der Waals surface area (Å²) >= 11 is 0. The van der Waals surface area contributed by atoms with E-state index in [-0.39, 0.29) is 0 Å². The summed E-state index contributed by atoms with van der Waals surface area (Å²) in [5.74, 6) is 0. The normalized spacial score (nSPS) is 22.9. The second kappa shape index (κ2) is 8.08. The molecule has 0 saturated carbocycles. The molecule has 16 heavy (non-hydrogen) atoms. The predicted molar refractivity (Wildman–Crippen MR) is 71.9 cm³/mol. The molecule has 0 amide bonds. The Morgan fingerprint density at radius 1 is 1.25 bits per heavy atom. The zero-order valence-corrected chi connectivity index (χ0v) is 11.5. The Balaban J connectivity index is 2.26. The van der Waals surface area contributed by atoms with E-state index >= 15 is 0 Å². The van der Waals surface area contributed by atoms with Gasteiger partial charge in [-0.05, 0) is 32.4 Å². The zero-order chi connectivity index (χ0) is 11.8. The van der Waals surface area contributed by atoms with Crippen molar-refractivity contribution >= 4 is 0 Å². The minimum atomic E-state index is 0.624. The van der Waals surface area contributed by atoms with Crippen LogP contribution < -0.4 is 5.32 Å². The van der Waals surface area contributed by atoms with Crippen LogP contribution in [0.15, 0.2) is 0 Å². The van der Waals surface area contributed by atoms with Crippen molar-refractivity contribution in [3.63, 3.8) is 0 Å². The van der Waals surface area contributed by atoms with Gasteiger partial charge in [0.1, 0.15) is 0 Å². The summed E-state index contributed by atoms with van der Waals surface area (Å²) in [6.07, 6.45) is 8.34. The lowest BCUT2D eigenvalue weighted by molar-refractivity contribution is 0.141. The van der Waals surface area contributed by atoms with E-state index < -0.39 is 0 Å². The smallest absolute Gasteiger partial charge is 0.0220 e. The summed E-state index contributed by atoms with van der Waals surface area (Å²) < 4.78 is 0. The molecular weight excluding hydrogens is 196 g/mol. The van der Waals surface area contributed by atoms with Crippen LogP contribution in [0.4, 0.5) is 0 Å². The molecule has 1 unspecified atom stereocenters. The van der Waals surface area contributed by atoms with Crippen molar-refractivity contribution in [2.45, 2.75) is 71.4 Å². The molecule has 1 N–H and O–H groups in total. The third kappa shape index (κ3) is 5.31. The fourth-order valence-corrected chi connectivity index (χ4v) is 2.52. The van der Waals surface area contributed by atoms with Crippen LogP contribution in [0.25, 0.3) is 0 Å². The SMILES string of the molecule is CCCCCN1CCCCC1CNC(C)C. The highest BCUT2D eigenvalue weighted by Gasteiger charge is 2.21. The number of unbranched alkanes of at least 4 members (excludes halogenated alkanes) is 2. The van der Waals surface area contributed by atoms with Gasteiger partial charge in [-0.25, -0.2) is 0 Å². The van der Waals surface area contributed by atoms with Crippen LogP contribution in [0.5, 0.6) is 0 Å². The van der Waals surface area contributed by atoms with Crippen LogP contribution in [0.1, 0.15) is 59.3 Å². The molecular formula is C14H30N2. The average molecular weight is 226 g/mol. The van der Waals surface area contributed by atoms with E-state index in [2.05, 4.69) is 31.0 Å². The zero-order valence-electron chi connectivity index (χ0n) is 11.5. The van der Waals surface area contributed by atoms with Crippen molar-refractivity contribution in [3.05, 3.63) is 0 Å². The fraction of sp³-hybridized carbons (Fsp3) is 1.00. The second-order valence-electron chi connectivity index (χ2n) is 5.46. The average Bonchev–Trinajstić information content (AvgIpc) is 2.28. The number of hydrogen-bond donors (Lipinski definition) is 1. The number of hydrogen-bond acceptors (Lipinski definition) is 2. The second-order valence-corrected chi connectivity index (χ2v) is 5.46. The molecule has 1 aliphatic heterocycles. The van der Waals surface area contributed by atoms with Crippen molar-refractivity contribution in [2.24, 2.45) is 0 Å². The Morgan fingerprint density at radius 3 is 2.75 bits per heavy atom. The maximum absolute atomic E-state index is 3.59. The molecule has 96 valence electrons. The van der Waals surface area contributed by atoms with Crippen molar-refractivity contribution in [3.8, 4) is 0 Å². The first kappa shape index (κ1) is 14.0. The molecule has 1 atom stereocenters. The van der Waals surface area contributed by atoms with Crippen LogP contribution in [0.3, 0.4) is 0 Å². The Morgan fingerprint density at radius 2 is 2.06 bits per heavy atom. The Kier molecular flexibility index (Phi) is 7.06. The minimum Gasteiger partial charge on any atom is -0.313 e. The number of likely N-dealkylation sites (tertiary alicyclic amines) is 1. The minimum absolute atomic E-state index is 0.624. The maximum Gasteiger partial charge on any atom is 0.0220 e. The molecule has 1 heterocycles. The molecule has 1 aliphatic rings. The van der Waals surface area contributed by atoms with Gasteiger partial charge in [0, 0.05) is 18.6 Å². The van der Waals surface area contributed by atoms with Crippen molar-refractivity contribution in [2.75, 3.05) is 19.6 Å². The molecule has 0 radical (unpaired) electrons. The standard InChI is InChI=1S/C14H30N2/c1-4-5-7-10-16-11-8-6-9-14(16)12-15-13(2)3/h13-15H,4-12H2,1-3H3. The van der Waals surface area contributed by atoms with Gasteiger partial charge in [-0.3, -0.25) is 4.90 Å². The van der Waals surface area contributed by atoms with Gasteiger partial charge >= 0.3 is 0 Å². The van der Waals surface area contributed by atoms with E-state index in [1.165, 1.54) is 58.2 Å². The third-order valence-corrected chi connectivity index (χ3v) is 3.56. The Hall–Kier alpha value is -0.0800. The molecule has 0 aromatic rings. The number of nitrogens with one attached hydrogen (secondary N) is 1. The Bertz CT molecular complexity index is 168. The summed E-state index contributed by atoms with van der Waals surface area (Å²) in [6, 6.07) is 1.42. The van der Waals surface area contributed by atoms with Crippen molar-refractivity contribution in [1.29, 1.82) is 0 Å². The first-order chi connectivity index (χ1) is 7.74. The first-order valence-corrected chi connectivity index (χ1v) is 7.21.